The number of carbonyl (C=O) groups is 1. The summed E-state index contributed by atoms with van der Waals surface area (Å²) >= 11 is 0. The number of allylic oxidation sites excluding steroid dienone is 9. The van der Waals surface area contributed by atoms with E-state index in [2.05, 4.69) is 67.8 Å². The van der Waals surface area contributed by atoms with Gasteiger partial charge in [0.15, 0.2) is 0 Å². The van der Waals surface area contributed by atoms with Crippen LogP contribution in [-0.4, -0.2) is 68.5 Å². The van der Waals surface area contributed by atoms with Gasteiger partial charge in [-0.2, -0.15) is 0 Å². The van der Waals surface area contributed by atoms with Crippen molar-refractivity contribution in [2.45, 2.75) is 353 Å². The summed E-state index contributed by atoms with van der Waals surface area (Å²) in [7, 11) is 1.25. The lowest BCUT2D eigenvalue weighted by Gasteiger charge is -2.29. The molecule has 0 aliphatic rings. The van der Waals surface area contributed by atoms with Crippen molar-refractivity contribution in [3.05, 3.63) is 60.8 Å². The largest absolute Gasteiger partial charge is 0.756 e. The third-order valence-electron chi connectivity index (χ3n) is 15.9. The van der Waals surface area contributed by atoms with E-state index in [-0.39, 0.29) is 12.5 Å². The van der Waals surface area contributed by atoms with Crippen LogP contribution in [-0.2, 0) is 18.4 Å². The Balaban J connectivity index is 4.11. The maximum atomic E-state index is 13.0. The zero-order chi connectivity index (χ0) is 59.1. The van der Waals surface area contributed by atoms with Gasteiger partial charge >= 0.3 is 0 Å². The molecule has 0 aliphatic heterocycles. The van der Waals surface area contributed by atoms with Crippen LogP contribution >= 0.6 is 7.82 Å². The Hall–Kier alpha value is -1.80. The maximum absolute atomic E-state index is 13.0. The molecule has 0 aromatic carbocycles. The van der Waals surface area contributed by atoms with Crippen molar-refractivity contribution in [3.63, 3.8) is 0 Å². The summed E-state index contributed by atoms with van der Waals surface area (Å²) < 4.78 is 23.4. The maximum Gasteiger partial charge on any atom is 0.268 e. The van der Waals surface area contributed by atoms with Gasteiger partial charge in [-0.05, 0) is 70.6 Å². The topological polar surface area (TPSA) is 108 Å². The van der Waals surface area contributed by atoms with Crippen LogP contribution in [0.5, 0.6) is 0 Å². The third-order valence-corrected chi connectivity index (χ3v) is 16.9. The van der Waals surface area contributed by atoms with Crippen LogP contribution in [0.25, 0.3) is 0 Å². The van der Waals surface area contributed by atoms with Crippen LogP contribution in [0.2, 0.25) is 0 Å². The summed E-state index contributed by atoms with van der Waals surface area (Å²) in [6, 6.07) is -0.908. The summed E-state index contributed by atoms with van der Waals surface area (Å²) in [6.07, 6.45) is 86.3. The van der Waals surface area contributed by atoms with Gasteiger partial charge < -0.3 is 28.8 Å². The standard InChI is InChI=1S/C72H137N2O6P/c1-6-8-10-12-14-16-18-20-22-24-26-28-30-32-34-36-38-39-41-43-45-47-49-51-53-55-57-59-61-63-65-71(75)70(69-80-81(77,78)79-68-67-74(3,4)5)73-72(76)66-64-62-60-58-56-54-52-50-48-46-44-42-40-37-35-33-31-29-27-25-23-21-19-17-15-13-11-9-7-2/h19,21,25,27,31,33,55,57,63,65,70-71,75H,6-18,20,22-24,26,28-30,32,34-54,56,58-62,64,66-69H2,1-5H3,(H-,73,76,77,78)/b21-19-,27-25-,33-31-,57-55+,65-63+. The summed E-state index contributed by atoms with van der Waals surface area (Å²) in [6.45, 7) is 4.66. The molecule has 3 unspecified atom stereocenters. The number of likely N-dealkylation sites (N-methyl/N-ethyl adjacent to an activating group) is 1. The average Bonchev–Trinajstić information content (AvgIpc) is 3.43. The zero-order valence-corrected chi connectivity index (χ0v) is 55.4. The van der Waals surface area contributed by atoms with Crippen molar-refractivity contribution >= 4 is 13.7 Å². The first-order chi connectivity index (χ1) is 39.5. The van der Waals surface area contributed by atoms with Crippen molar-refractivity contribution in [3.8, 4) is 0 Å². The van der Waals surface area contributed by atoms with Gasteiger partial charge in [0, 0.05) is 6.42 Å². The van der Waals surface area contributed by atoms with Gasteiger partial charge in [0.2, 0.25) is 5.91 Å². The van der Waals surface area contributed by atoms with E-state index in [1.165, 1.54) is 270 Å². The fourth-order valence-electron chi connectivity index (χ4n) is 10.5. The minimum atomic E-state index is -4.61. The number of phosphoric acid groups is 1. The Bertz CT molecular complexity index is 1500. The molecule has 0 radical (unpaired) electrons. The molecule has 2 N–H and O–H groups in total. The number of unbranched alkanes of at least 4 members (excludes halogenated alkanes) is 44. The second kappa shape index (κ2) is 62.7. The lowest BCUT2D eigenvalue weighted by molar-refractivity contribution is -0.870. The number of amides is 1. The summed E-state index contributed by atoms with van der Waals surface area (Å²) in [5.41, 5.74) is 0. The Morgan fingerprint density at radius 1 is 0.432 bits per heavy atom. The number of hydrogen-bond donors (Lipinski definition) is 2. The molecule has 476 valence electrons. The minimum absolute atomic E-state index is 0.00714. The number of phosphoric ester groups is 1. The highest BCUT2D eigenvalue weighted by atomic mass is 31.2. The van der Waals surface area contributed by atoms with E-state index in [9.17, 15) is 19.4 Å². The molecular formula is C72H137N2O6P. The summed E-state index contributed by atoms with van der Waals surface area (Å²) in [5.74, 6) is -0.205. The predicted octanol–water partition coefficient (Wildman–Crippen LogP) is 21.8. The Morgan fingerprint density at radius 2 is 0.728 bits per heavy atom. The lowest BCUT2D eigenvalue weighted by Crippen LogP contribution is -2.45. The molecule has 9 heteroatoms. The van der Waals surface area contributed by atoms with Crippen LogP contribution in [0.4, 0.5) is 0 Å². The summed E-state index contributed by atoms with van der Waals surface area (Å²) in [4.78, 5) is 25.6. The smallest absolute Gasteiger partial charge is 0.268 e. The predicted molar refractivity (Wildman–Crippen MR) is 353 cm³/mol. The molecule has 0 fully saturated rings. The van der Waals surface area contributed by atoms with Crippen LogP contribution in [0.1, 0.15) is 341 Å². The summed E-state index contributed by atoms with van der Waals surface area (Å²) in [5, 5.41) is 13.9. The second-order valence-corrected chi connectivity index (χ2v) is 26.6. The van der Waals surface area contributed by atoms with E-state index < -0.39 is 26.6 Å². The number of aliphatic hydroxyl groups is 1. The number of carbonyl (C=O) groups excluding carboxylic acids is 1. The fraction of sp³-hybridized carbons (Fsp3) is 0.847. The number of nitrogens with zero attached hydrogens (tertiary/aromatic N) is 1. The molecule has 0 aromatic rings. The molecule has 0 saturated heterocycles. The Morgan fingerprint density at radius 3 is 1.09 bits per heavy atom. The van der Waals surface area contributed by atoms with Gasteiger partial charge in [0.05, 0.1) is 39.9 Å². The third kappa shape index (κ3) is 65.6. The van der Waals surface area contributed by atoms with Crippen molar-refractivity contribution in [2.24, 2.45) is 0 Å². The molecule has 0 aliphatic carbocycles. The van der Waals surface area contributed by atoms with Crippen molar-refractivity contribution < 1.29 is 32.9 Å². The van der Waals surface area contributed by atoms with Gasteiger partial charge in [0.1, 0.15) is 13.2 Å². The number of quaternary nitrogens is 1. The minimum Gasteiger partial charge on any atom is -0.756 e. The molecule has 81 heavy (non-hydrogen) atoms. The number of nitrogens with one attached hydrogen (secondary N) is 1. The van der Waals surface area contributed by atoms with Crippen LogP contribution in [0.3, 0.4) is 0 Å². The normalized spacial score (nSPS) is 14.0. The molecule has 0 aromatic heterocycles. The molecule has 0 spiro atoms. The highest BCUT2D eigenvalue weighted by Crippen LogP contribution is 2.38. The molecule has 0 saturated carbocycles. The molecule has 3 atom stereocenters. The molecule has 1 amide bonds. The first-order valence-corrected chi connectivity index (χ1v) is 36.6. The molecule has 0 rings (SSSR count). The number of aliphatic hydroxyl groups excluding tert-OH is 1. The van der Waals surface area contributed by atoms with E-state index in [1.807, 2.05) is 27.2 Å². The van der Waals surface area contributed by atoms with Crippen molar-refractivity contribution in [1.82, 2.24) is 5.32 Å². The van der Waals surface area contributed by atoms with Gasteiger partial charge in [-0.25, -0.2) is 0 Å². The quantitative estimate of drug-likeness (QED) is 0.0272. The second-order valence-electron chi connectivity index (χ2n) is 25.2. The fourth-order valence-corrected chi connectivity index (χ4v) is 11.2. The van der Waals surface area contributed by atoms with E-state index in [4.69, 9.17) is 9.05 Å². The van der Waals surface area contributed by atoms with Gasteiger partial charge in [-0.15, -0.1) is 0 Å². The lowest BCUT2D eigenvalue weighted by atomic mass is 10.0. The van der Waals surface area contributed by atoms with Crippen LogP contribution in [0, 0.1) is 0 Å². The monoisotopic (exact) mass is 1160 g/mol. The highest BCUT2D eigenvalue weighted by Gasteiger charge is 2.23. The molecular weight excluding hydrogens is 1020 g/mol. The number of hydrogen-bond acceptors (Lipinski definition) is 6. The molecule has 0 heterocycles. The van der Waals surface area contributed by atoms with Crippen molar-refractivity contribution in [1.29, 1.82) is 0 Å². The van der Waals surface area contributed by atoms with Gasteiger partial charge in [0.25, 0.3) is 7.82 Å². The highest BCUT2D eigenvalue weighted by molar-refractivity contribution is 7.45. The first-order valence-electron chi connectivity index (χ1n) is 35.2. The van der Waals surface area contributed by atoms with E-state index in [0.717, 1.165) is 51.4 Å². The number of rotatable bonds is 65. The van der Waals surface area contributed by atoms with E-state index in [0.29, 0.717) is 17.4 Å². The van der Waals surface area contributed by atoms with Crippen LogP contribution < -0.4 is 10.2 Å². The Labute approximate surface area is 504 Å². The average molecular weight is 1160 g/mol. The molecule has 8 nitrogen and oxygen atoms in total. The van der Waals surface area contributed by atoms with E-state index >= 15 is 0 Å². The van der Waals surface area contributed by atoms with Gasteiger partial charge in [-0.1, -0.05) is 325 Å². The SMILES string of the molecule is CCCCCCC/C=C\C/C=C\C/C=C\CCCCCCCCCCCCCCCCC(=O)NC(COP(=O)([O-])OCC[N+](C)(C)C)C(O)/C=C/CC/C=C/CCCCCCCCCCCCCCCCCCCCCCCCCC. The van der Waals surface area contributed by atoms with Crippen LogP contribution in [0.15, 0.2) is 60.8 Å². The van der Waals surface area contributed by atoms with Crippen molar-refractivity contribution in [2.75, 3.05) is 40.9 Å². The zero-order valence-electron chi connectivity index (χ0n) is 54.5. The molecule has 0 bridgehead atoms. The van der Waals surface area contributed by atoms with E-state index in [1.54, 1.807) is 6.08 Å². The first kappa shape index (κ1) is 79.2. The van der Waals surface area contributed by atoms with Gasteiger partial charge in [-0.3, -0.25) is 9.36 Å². The Kier molecular flexibility index (Phi) is 61.3.